The Labute approximate surface area is 185 Å². The van der Waals surface area contributed by atoms with Gasteiger partial charge < -0.3 is 20.5 Å². The molecule has 2 heterocycles. The summed E-state index contributed by atoms with van der Waals surface area (Å²) in [6, 6.07) is 19.6. The number of hydrogen-bond acceptors (Lipinski definition) is 4. The molecule has 0 radical (unpaired) electrons. The van der Waals surface area contributed by atoms with Crippen LogP contribution in [0.25, 0.3) is 22.4 Å². The molecule has 0 spiro atoms. The number of hydrogen-bond donors (Lipinski definition) is 3. The maximum atomic E-state index is 12.1. The lowest BCUT2D eigenvalue weighted by atomic mass is 9.71. The molecule has 32 heavy (non-hydrogen) atoms. The third-order valence-corrected chi connectivity index (χ3v) is 6.25. The minimum Gasteiger partial charge on any atom is -0.465 e. The molecule has 1 unspecified atom stereocenters. The molecule has 7 heteroatoms. The number of benzene rings is 2. The van der Waals surface area contributed by atoms with Gasteiger partial charge in [-0.05, 0) is 43.4 Å². The van der Waals surface area contributed by atoms with E-state index in [1.807, 2.05) is 60.7 Å². The number of carboxylic acid groups (broad SMARTS) is 1. The Morgan fingerprint density at radius 2 is 1.84 bits per heavy atom. The number of pyridine rings is 1. The molecule has 2 aliphatic rings. The standard InChI is InChI=1S/C25H23N3O4/c1-15-22(29)26-20-14-19(16-6-3-2-4-7-16)21(27-23(20)32-15)17-8-10-18(11-9-17)25(12-5-13-25)28-24(30)31/h2-4,6-11,14-15,28H,5,12-13H2,1H3,(H,26,29)(H,30,31). The largest absolute Gasteiger partial charge is 0.465 e. The number of carbonyl (C=O) groups is 2. The molecule has 2 amide bonds. The molecule has 1 saturated carbocycles. The summed E-state index contributed by atoms with van der Waals surface area (Å²) in [4.78, 5) is 28.2. The molecule has 5 rings (SSSR count). The Balaban J connectivity index is 1.59. The van der Waals surface area contributed by atoms with Gasteiger partial charge in [-0.15, -0.1) is 0 Å². The molecular formula is C25H23N3O4. The van der Waals surface area contributed by atoms with Crippen LogP contribution in [0.1, 0.15) is 31.7 Å². The van der Waals surface area contributed by atoms with Crippen LogP contribution in [0.15, 0.2) is 60.7 Å². The van der Waals surface area contributed by atoms with Gasteiger partial charge in [0.05, 0.1) is 11.2 Å². The molecule has 0 bridgehead atoms. The van der Waals surface area contributed by atoms with Crippen molar-refractivity contribution in [2.75, 3.05) is 5.32 Å². The average Bonchev–Trinajstić information content (AvgIpc) is 2.77. The Bertz CT molecular complexity index is 1190. The maximum Gasteiger partial charge on any atom is 0.405 e. The summed E-state index contributed by atoms with van der Waals surface area (Å²) in [6.45, 7) is 1.69. The van der Waals surface area contributed by atoms with Gasteiger partial charge in [0.2, 0.25) is 5.88 Å². The van der Waals surface area contributed by atoms with Crippen molar-refractivity contribution < 1.29 is 19.4 Å². The van der Waals surface area contributed by atoms with E-state index in [4.69, 9.17) is 9.72 Å². The van der Waals surface area contributed by atoms with Crippen molar-refractivity contribution in [2.45, 2.75) is 37.8 Å². The van der Waals surface area contributed by atoms with Gasteiger partial charge in [0, 0.05) is 11.1 Å². The van der Waals surface area contributed by atoms with Gasteiger partial charge in [0.15, 0.2) is 6.10 Å². The number of aromatic nitrogens is 1. The van der Waals surface area contributed by atoms with Crippen molar-refractivity contribution in [3.05, 3.63) is 66.2 Å². The second kappa shape index (κ2) is 7.67. The van der Waals surface area contributed by atoms with Crippen molar-refractivity contribution in [1.29, 1.82) is 0 Å². The van der Waals surface area contributed by atoms with E-state index in [0.717, 1.165) is 47.2 Å². The number of carbonyl (C=O) groups excluding carboxylic acids is 1. The lowest BCUT2D eigenvalue weighted by Gasteiger charge is -2.42. The molecule has 7 nitrogen and oxygen atoms in total. The fraction of sp³-hybridized carbons (Fsp3) is 0.240. The predicted molar refractivity (Wildman–Crippen MR) is 121 cm³/mol. The van der Waals surface area contributed by atoms with Crippen molar-refractivity contribution in [2.24, 2.45) is 0 Å². The summed E-state index contributed by atoms with van der Waals surface area (Å²) in [5, 5.41) is 14.8. The highest BCUT2D eigenvalue weighted by atomic mass is 16.5. The zero-order chi connectivity index (χ0) is 22.3. The van der Waals surface area contributed by atoms with Gasteiger partial charge in [-0.25, -0.2) is 9.78 Å². The highest BCUT2D eigenvalue weighted by Crippen LogP contribution is 2.43. The summed E-state index contributed by atoms with van der Waals surface area (Å²) < 4.78 is 5.75. The summed E-state index contributed by atoms with van der Waals surface area (Å²) in [5.41, 5.74) is 4.44. The van der Waals surface area contributed by atoms with Crippen LogP contribution >= 0.6 is 0 Å². The Morgan fingerprint density at radius 1 is 1.12 bits per heavy atom. The number of nitrogens with zero attached hydrogens (tertiary/aromatic N) is 1. The quantitative estimate of drug-likeness (QED) is 0.554. The molecule has 2 aromatic carbocycles. The first-order valence-corrected chi connectivity index (χ1v) is 10.7. The normalized spacial score (nSPS) is 18.5. The van der Waals surface area contributed by atoms with Crippen LogP contribution in [0.2, 0.25) is 0 Å². The van der Waals surface area contributed by atoms with E-state index in [-0.39, 0.29) is 5.91 Å². The first kappa shape index (κ1) is 20.1. The highest BCUT2D eigenvalue weighted by molar-refractivity contribution is 5.98. The lowest BCUT2D eigenvalue weighted by molar-refractivity contribution is -0.122. The van der Waals surface area contributed by atoms with Crippen molar-refractivity contribution in [1.82, 2.24) is 10.3 Å². The Morgan fingerprint density at radius 3 is 2.47 bits per heavy atom. The zero-order valence-corrected chi connectivity index (χ0v) is 17.6. The maximum absolute atomic E-state index is 12.1. The molecule has 1 aromatic heterocycles. The Kier molecular flexibility index (Phi) is 4.81. The van der Waals surface area contributed by atoms with Crippen molar-refractivity contribution in [3.63, 3.8) is 0 Å². The number of nitrogens with one attached hydrogen (secondary N) is 2. The van der Waals surface area contributed by atoms with Crippen LogP contribution in [0.3, 0.4) is 0 Å². The van der Waals surface area contributed by atoms with E-state index in [0.29, 0.717) is 11.6 Å². The molecule has 3 N–H and O–H groups in total. The van der Waals surface area contributed by atoms with Gasteiger partial charge >= 0.3 is 6.09 Å². The molecule has 1 fully saturated rings. The number of amides is 2. The lowest BCUT2D eigenvalue weighted by Crippen LogP contribution is -2.50. The summed E-state index contributed by atoms with van der Waals surface area (Å²) in [5.74, 6) is 0.186. The highest BCUT2D eigenvalue weighted by Gasteiger charge is 2.40. The van der Waals surface area contributed by atoms with E-state index in [2.05, 4.69) is 10.6 Å². The molecule has 3 aromatic rings. The van der Waals surface area contributed by atoms with E-state index in [1.165, 1.54) is 0 Å². The van der Waals surface area contributed by atoms with Gasteiger partial charge in [-0.1, -0.05) is 54.6 Å². The van der Waals surface area contributed by atoms with Gasteiger partial charge in [-0.2, -0.15) is 0 Å². The van der Waals surface area contributed by atoms with Crippen LogP contribution < -0.4 is 15.4 Å². The number of fused-ring (bicyclic) bond motifs is 1. The fourth-order valence-corrected chi connectivity index (χ4v) is 4.36. The van der Waals surface area contributed by atoms with Crippen LogP contribution in [0.4, 0.5) is 10.5 Å². The van der Waals surface area contributed by atoms with E-state index < -0.39 is 17.7 Å². The molecule has 1 aliphatic carbocycles. The topological polar surface area (TPSA) is 101 Å². The summed E-state index contributed by atoms with van der Waals surface area (Å²) >= 11 is 0. The monoisotopic (exact) mass is 429 g/mol. The minimum absolute atomic E-state index is 0.202. The second-order valence-electron chi connectivity index (χ2n) is 8.30. The first-order valence-electron chi connectivity index (χ1n) is 10.7. The van der Waals surface area contributed by atoms with Crippen LogP contribution in [0.5, 0.6) is 5.88 Å². The third kappa shape index (κ3) is 3.45. The molecule has 1 aliphatic heterocycles. The third-order valence-electron chi connectivity index (χ3n) is 6.25. The number of anilines is 1. The van der Waals surface area contributed by atoms with E-state index in [9.17, 15) is 14.7 Å². The average molecular weight is 429 g/mol. The molecular weight excluding hydrogens is 406 g/mol. The number of rotatable bonds is 4. The van der Waals surface area contributed by atoms with Gasteiger partial charge in [0.1, 0.15) is 5.69 Å². The van der Waals surface area contributed by atoms with Crippen molar-refractivity contribution >= 4 is 17.7 Å². The predicted octanol–water partition coefficient (Wildman–Crippen LogP) is 4.78. The number of ether oxygens (including phenoxy) is 1. The minimum atomic E-state index is -1.01. The van der Waals surface area contributed by atoms with Crippen LogP contribution in [-0.2, 0) is 10.3 Å². The Hall–Kier alpha value is -3.87. The van der Waals surface area contributed by atoms with Gasteiger partial charge in [0.25, 0.3) is 5.91 Å². The molecule has 1 atom stereocenters. The van der Waals surface area contributed by atoms with E-state index in [1.54, 1.807) is 6.92 Å². The summed E-state index contributed by atoms with van der Waals surface area (Å²) in [6.07, 6.45) is 0.943. The fourth-order valence-electron chi connectivity index (χ4n) is 4.36. The van der Waals surface area contributed by atoms with E-state index >= 15 is 0 Å². The van der Waals surface area contributed by atoms with Crippen LogP contribution in [-0.4, -0.2) is 28.2 Å². The van der Waals surface area contributed by atoms with Crippen LogP contribution in [0, 0.1) is 0 Å². The van der Waals surface area contributed by atoms with Gasteiger partial charge in [-0.3, -0.25) is 4.79 Å². The molecule has 162 valence electrons. The smallest absolute Gasteiger partial charge is 0.405 e. The van der Waals surface area contributed by atoms with Crippen molar-refractivity contribution in [3.8, 4) is 28.3 Å². The summed E-state index contributed by atoms with van der Waals surface area (Å²) in [7, 11) is 0. The second-order valence-corrected chi connectivity index (χ2v) is 8.30. The zero-order valence-electron chi connectivity index (χ0n) is 17.6. The first-order chi connectivity index (χ1) is 15.4. The SMILES string of the molecule is CC1Oc2nc(-c3ccc(C4(NC(=O)O)CCC4)cc3)c(-c3ccccc3)cc2NC1=O. The molecule has 0 saturated heterocycles.